The van der Waals surface area contributed by atoms with Crippen molar-refractivity contribution in [2.45, 2.75) is 58.5 Å². The molecule has 5 nitrogen and oxygen atoms in total. The van der Waals surface area contributed by atoms with Gasteiger partial charge < -0.3 is 14.4 Å². The monoisotopic (exact) mass is 374 g/mol. The van der Waals surface area contributed by atoms with Crippen LogP contribution in [0.5, 0.6) is 11.5 Å². The molecule has 2 aliphatic rings. The minimum absolute atomic E-state index is 0.311. The smallest absolute Gasteiger partial charge is 0.222 e. The molecule has 0 spiro atoms. The first-order chi connectivity index (χ1) is 12.9. The number of benzene rings is 1. The van der Waals surface area contributed by atoms with E-state index < -0.39 is 0 Å². The third-order valence-corrected chi connectivity index (χ3v) is 6.03. The van der Waals surface area contributed by atoms with E-state index in [1.165, 1.54) is 17.5 Å². The summed E-state index contributed by atoms with van der Waals surface area (Å²) in [5.74, 6) is 2.33. The van der Waals surface area contributed by atoms with Crippen LogP contribution in [0.4, 0.5) is 0 Å². The van der Waals surface area contributed by atoms with Gasteiger partial charge in [0.2, 0.25) is 5.91 Å². The van der Waals surface area contributed by atoms with Gasteiger partial charge in [0, 0.05) is 38.1 Å². The number of nitrogens with zero attached hydrogens (tertiary/aromatic N) is 2. The van der Waals surface area contributed by atoms with E-state index in [-0.39, 0.29) is 0 Å². The van der Waals surface area contributed by atoms with Crippen molar-refractivity contribution in [3.05, 3.63) is 23.3 Å². The molecule has 1 aromatic carbocycles. The first-order valence-electron chi connectivity index (χ1n) is 10.2. The maximum absolute atomic E-state index is 12.5. The Kier molecular flexibility index (Phi) is 6.30. The Morgan fingerprint density at radius 3 is 2.56 bits per heavy atom. The fraction of sp³-hybridized carbons (Fsp3) is 0.682. The summed E-state index contributed by atoms with van der Waals surface area (Å²) in [6.45, 7) is 9.30. The summed E-state index contributed by atoms with van der Waals surface area (Å²) in [4.78, 5) is 17.2. The van der Waals surface area contributed by atoms with E-state index in [0.717, 1.165) is 44.0 Å². The zero-order chi connectivity index (χ0) is 19.6. The number of hydrogen-bond donors (Lipinski definition) is 0. The average Bonchev–Trinajstić information content (AvgIpc) is 2.67. The molecule has 2 heterocycles. The number of likely N-dealkylation sites (tertiary alicyclic amines) is 1. The fourth-order valence-corrected chi connectivity index (χ4v) is 4.59. The molecular weight excluding hydrogens is 340 g/mol. The number of hydrogen-bond acceptors (Lipinski definition) is 4. The van der Waals surface area contributed by atoms with Crippen LogP contribution in [0, 0.1) is 5.92 Å². The van der Waals surface area contributed by atoms with Crippen molar-refractivity contribution in [1.29, 1.82) is 0 Å². The van der Waals surface area contributed by atoms with E-state index in [4.69, 9.17) is 9.47 Å². The predicted octanol–water partition coefficient (Wildman–Crippen LogP) is 3.66. The van der Waals surface area contributed by atoms with Crippen LogP contribution in [-0.4, -0.2) is 55.6 Å². The molecule has 0 saturated carbocycles. The molecule has 0 N–H and O–H groups in total. The summed E-state index contributed by atoms with van der Waals surface area (Å²) >= 11 is 0. The lowest BCUT2D eigenvalue weighted by Gasteiger charge is -2.45. The van der Waals surface area contributed by atoms with Gasteiger partial charge in [-0.15, -0.1) is 0 Å². The van der Waals surface area contributed by atoms with Crippen LogP contribution in [-0.2, 0) is 11.2 Å². The molecule has 1 fully saturated rings. The average molecular weight is 375 g/mol. The SMILES string of the molecule is COc1cc2c(cc1OC)[C@@H](C)N([C@H]1CCCN(C(=O)CC(C)C)C1)CC2. The molecule has 0 unspecified atom stereocenters. The van der Waals surface area contributed by atoms with Crippen molar-refractivity contribution in [2.75, 3.05) is 33.9 Å². The first kappa shape index (κ1) is 20.0. The highest BCUT2D eigenvalue weighted by atomic mass is 16.5. The van der Waals surface area contributed by atoms with E-state index >= 15 is 0 Å². The molecule has 0 aliphatic carbocycles. The number of amides is 1. The van der Waals surface area contributed by atoms with Gasteiger partial charge >= 0.3 is 0 Å². The van der Waals surface area contributed by atoms with E-state index in [0.29, 0.717) is 30.3 Å². The van der Waals surface area contributed by atoms with Crippen LogP contribution in [0.15, 0.2) is 12.1 Å². The molecule has 3 rings (SSSR count). The third-order valence-electron chi connectivity index (χ3n) is 6.03. The normalized spacial score (nSPS) is 23.3. The minimum Gasteiger partial charge on any atom is -0.493 e. The molecule has 150 valence electrons. The minimum atomic E-state index is 0.311. The number of piperidine rings is 1. The molecule has 1 saturated heterocycles. The number of fused-ring (bicyclic) bond motifs is 1. The Labute approximate surface area is 163 Å². The highest BCUT2D eigenvalue weighted by molar-refractivity contribution is 5.76. The van der Waals surface area contributed by atoms with Crippen molar-refractivity contribution in [1.82, 2.24) is 9.80 Å². The lowest BCUT2D eigenvalue weighted by atomic mass is 9.90. The van der Waals surface area contributed by atoms with Gasteiger partial charge in [-0.1, -0.05) is 13.8 Å². The van der Waals surface area contributed by atoms with Crippen LogP contribution in [0.3, 0.4) is 0 Å². The van der Waals surface area contributed by atoms with Gasteiger partial charge in [-0.3, -0.25) is 9.69 Å². The Hall–Kier alpha value is -1.75. The van der Waals surface area contributed by atoms with E-state index in [1.807, 2.05) is 0 Å². The predicted molar refractivity (Wildman–Crippen MR) is 107 cm³/mol. The van der Waals surface area contributed by atoms with E-state index in [9.17, 15) is 4.79 Å². The number of ether oxygens (including phenoxy) is 2. The Bertz CT molecular complexity index is 674. The lowest BCUT2D eigenvalue weighted by Crippen LogP contribution is -2.52. The summed E-state index contributed by atoms with van der Waals surface area (Å²) in [7, 11) is 3.38. The molecule has 0 aromatic heterocycles. The van der Waals surface area contributed by atoms with Gasteiger partial charge in [0.25, 0.3) is 0 Å². The largest absolute Gasteiger partial charge is 0.493 e. The number of rotatable bonds is 5. The summed E-state index contributed by atoms with van der Waals surface area (Å²) in [6.07, 6.45) is 3.92. The second-order valence-electron chi connectivity index (χ2n) is 8.30. The van der Waals surface area contributed by atoms with Crippen LogP contribution in [0.2, 0.25) is 0 Å². The molecule has 1 amide bonds. The van der Waals surface area contributed by atoms with Gasteiger partial charge in [0.05, 0.1) is 14.2 Å². The van der Waals surface area contributed by atoms with E-state index in [2.05, 4.69) is 42.7 Å². The maximum Gasteiger partial charge on any atom is 0.222 e. The fourth-order valence-electron chi connectivity index (χ4n) is 4.59. The quantitative estimate of drug-likeness (QED) is 0.789. The zero-order valence-electron chi connectivity index (χ0n) is 17.5. The van der Waals surface area contributed by atoms with Gasteiger partial charge in [-0.05, 0) is 55.4 Å². The Morgan fingerprint density at radius 2 is 1.89 bits per heavy atom. The molecule has 2 aliphatic heterocycles. The van der Waals surface area contributed by atoms with Crippen molar-refractivity contribution in [2.24, 2.45) is 5.92 Å². The number of methoxy groups -OCH3 is 2. The molecule has 0 bridgehead atoms. The van der Waals surface area contributed by atoms with Crippen LogP contribution in [0.25, 0.3) is 0 Å². The molecule has 5 heteroatoms. The topological polar surface area (TPSA) is 42.0 Å². The second-order valence-corrected chi connectivity index (χ2v) is 8.30. The molecule has 0 radical (unpaired) electrons. The van der Waals surface area contributed by atoms with E-state index in [1.54, 1.807) is 14.2 Å². The van der Waals surface area contributed by atoms with Crippen molar-refractivity contribution in [3.8, 4) is 11.5 Å². The van der Waals surface area contributed by atoms with Gasteiger partial charge in [-0.25, -0.2) is 0 Å². The zero-order valence-corrected chi connectivity index (χ0v) is 17.5. The van der Waals surface area contributed by atoms with Crippen LogP contribution < -0.4 is 9.47 Å². The van der Waals surface area contributed by atoms with Crippen LogP contribution in [0.1, 0.15) is 57.2 Å². The maximum atomic E-state index is 12.5. The van der Waals surface area contributed by atoms with Crippen molar-refractivity contribution >= 4 is 5.91 Å². The third kappa shape index (κ3) is 4.23. The Morgan fingerprint density at radius 1 is 1.19 bits per heavy atom. The first-order valence-corrected chi connectivity index (χ1v) is 10.2. The molecule has 27 heavy (non-hydrogen) atoms. The van der Waals surface area contributed by atoms with Crippen molar-refractivity contribution < 1.29 is 14.3 Å². The molecule has 2 atom stereocenters. The van der Waals surface area contributed by atoms with Crippen molar-refractivity contribution in [3.63, 3.8) is 0 Å². The lowest BCUT2D eigenvalue weighted by molar-refractivity contribution is -0.134. The van der Waals surface area contributed by atoms with Crippen LogP contribution >= 0.6 is 0 Å². The second kappa shape index (κ2) is 8.51. The molecular formula is C22H34N2O3. The van der Waals surface area contributed by atoms with Gasteiger partial charge in [0.15, 0.2) is 11.5 Å². The standard InChI is InChI=1S/C22H34N2O3/c1-15(2)11-22(25)23-9-6-7-18(14-23)24-10-8-17-12-20(26-4)21(27-5)13-19(17)16(24)3/h12-13,15-16,18H,6-11,14H2,1-5H3/t16-,18+/m1/s1. The summed E-state index contributed by atoms with van der Waals surface area (Å²) in [6, 6.07) is 5.02. The highest BCUT2D eigenvalue weighted by Crippen LogP contribution is 2.39. The number of carbonyl (C=O) groups is 1. The Balaban J connectivity index is 1.76. The number of carbonyl (C=O) groups excluding carboxylic acids is 1. The van der Waals surface area contributed by atoms with Gasteiger partial charge in [-0.2, -0.15) is 0 Å². The van der Waals surface area contributed by atoms with Gasteiger partial charge in [0.1, 0.15) is 0 Å². The highest BCUT2D eigenvalue weighted by Gasteiger charge is 2.34. The summed E-state index contributed by atoms with van der Waals surface area (Å²) < 4.78 is 11.0. The summed E-state index contributed by atoms with van der Waals surface area (Å²) in [5, 5.41) is 0. The summed E-state index contributed by atoms with van der Waals surface area (Å²) in [5.41, 5.74) is 2.67. The molecule has 1 aromatic rings.